The highest BCUT2D eigenvalue weighted by Crippen LogP contribution is 2.28. The van der Waals surface area contributed by atoms with Crippen LogP contribution in [0.4, 0.5) is 4.39 Å². The standard InChI is InChI=1S/C12H9Cl2FO2/c13-8-1-2-10(15)7(5-8)6-11(16)9-3-4-17-12(9)14/h1-5,11,16H,6H2. The molecule has 1 atom stereocenters. The first-order chi connectivity index (χ1) is 8.08. The number of aliphatic hydroxyl groups excluding tert-OH is 1. The van der Waals surface area contributed by atoms with Crippen molar-refractivity contribution in [3.8, 4) is 0 Å². The molecule has 1 heterocycles. The molecule has 0 aliphatic carbocycles. The Morgan fingerprint density at radius 3 is 2.71 bits per heavy atom. The van der Waals surface area contributed by atoms with Gasteiger partial charge in [-0.2, -0.15) is 0 Å². The minimum Gasteiger partial charge on any atom is -0.453 e. The van der Waals surface area contributed by atoms with Crippen LogP contribution in [-0.4, -0.2) is 5.11 Å². The molecular weight excluding hydrogens is 266 g/mol. The molecule has 90 valence electrons. The second kappa shape index (κ2) is 5.08. The summed E-state index contributed by atoms with van der Waals surface area (Å²) in [4.78, 5) is 0. The summed E-state index contributed by atoms with van der Waals surface area (Å²) in [5.74, 6) is -0.409. The van der Waals surface area contributed by atoms with E-state index in [0.717, 1.165) is 0 Å². The first kappa shape index (κ1) is 12.4. The van der Waals surface area contributed by atoms with Crippen LogP contribution < -0.4 is 0 Å². The molecule has 2 nitrogen and oxygen atoms in total. The summed E-state index contributed by atoms with van der Waals surface area (Å²) in [6.07, 6.45) is 0.537. The maximum Gasteiger partial charge on any atom is 0.198 e. The maximum absolute atomic E-state index is 13.4. The summed E-state index contributed by atoms with van der Waals surface area (Å²) in [5, 5.41) is 10.4. The third-order valence-electron chi connectivity index (χ3n) is 2.43. The quantitative estimate of drug-likeness (QED) is 0.918. The van der Waals surface area contributed by atoms with Gasteiger partial charge < -0.3 is 9.52 Å². The zero-order valence-corrected chi connectivity index (χ0v) is 10.2. The number of hydrogen-bond donors (Lipinski definition) is 1. The van der Waals surface area contributed by atoms with Crippen molar-refractivity contribution >= 4 is 23.2 Å². The summed E-state index contributed by atoms with van der Waals surface area (Å²) in [5.41, 5.74) is 0.772. The van der Waals surface area contributed by atoms with Crippen LogP contribution in [0.1, 0.15) is 17.2 Å². The van der Waals surface area contributed by atoms with Gasteiger partial charge in [0, 0.05) is 17.0 Å². The van der Waals surface area contributed by atoms with Crippen LogP contribution in [0.3, 0.4) is 0 Å². The Hall–Kier alpha value is -1.03. The lowest BCUT2D eigenvalue weighted by Gasteiger charge is -2.10. The first-order valence-corrected chi connectivity index (χ1v) is 5.68. The molecule has 0 fully saturated rings. The van der Waals surface area contributed by atoms with Crippen LogP contribution in [0.2, 0.25) is 10.2 Å². The second-order valence-corrected chi connectivity index (χ2v) is 4.39. The van der Waals surface area contributed by atoms with Crippen molar-refractivity contribution < 1.29 is 13.9 Å². The molecule has 0 amide bonds. The average Bonchev–Trinajstić information content (AvgIpc) is 2.70. The van der Waals surface area contributed by atoms with Crippen LogP contribution in [0.5, 0.6) is 0 Å². The fourth-order valence-electron chi connectivity index (χ4n) is 1.56. The van der Waals surface area contributed by atoms with E-state index in [1.807, 2.05) is 0 Å². The van der Waals surface area contributed by atoms with E-state index in [4.69, 9.17) is 27.6 Å². The van der Waals surface area contributed by atoms with Crippen LogP contribution in [0.25, 0.3) is 0 Å². The number of halogens is 3. The van der Waals surface area contributed by atoms with Crippen LogP contribution in [0, 0.1) is 5.82 Å². The molecular formula is C12H9Cl2FO2. The van der Waals surface area contributed by atoms with Crippen LogP contribution in [-0.2, 0) is 6.42 Å². The minimum absolute atomic E-state index is 0.0889. The lowest BCUT2D eigenvalue weighted by atomic mass is 10.0. The molecule has 17 heavy (non-hydrogen) atoms. The van der Waals surface area contributed by atoms with Crippen molar-refractivity contribution in [3.05, 3.63) is 57.7 Å². The van der Waals surface area contributed by atoms with Crippen molar-refractivity contribution in [3.63, 3.8) is 0 Å². The number of furan rings is 1. The third-order valence-corrected chi connectivity index (χ3v) is 2.97. The van der Waals surface area contributed by atoms with E-state index in [9.17, 15) is 9.50 Å². The smallest absolute Gasteiger partial charge is 0.198 e. The van der Waals surface area contributed by atoms with Gasteiger partial charge in [-0.15, -0.1) is 0 Å². The molecule has 0 aliphatic rings. The van der Waals surface area contributed by atoms with Gasteiger partial charge in [0.05, 0.1) is 12.4 Å². The van der Waals surface area contributed by atoms with E-state index in [2.05, 4.69) is 0 Å². The highest BCUT2D eigenvalue weighted by molar-refractivity contribution is 6.30. The van der Waals surface area contributed by atoms with Gasteiger partial charge in [-0.1, -0.05) is 11.6 Å². The summed E-state index contributed by atoms with van der Waals surface area (Å²) in [6, 6.07) is 5.75. The molecule has 0 radical (unpaired) electrons. The number of rotatable bonds is 3. The van der Waals surface area contributed by atoms with Crippen molar-refractivity contribution in [2.75, 3.05) is 0 Å². The Bertz CT molecular complexity index is 525. The fraction of sp³-hybridized carbons (Fsp3) is 0.167. The van der Waals surface area contributed by atoms with E-state index in [0.29, 0.717) is 16.1 Å². The molecule has 0 aliphatic heterocycles. The van der Waals surface area contributed by atoms with Gasteiger partial charge in [0.2, 0.25) is 0 Å². The van der Waals surface area contributed by atoms with Crippen molar-refractivity contribution in [2.45, 2.75) is 12.5 Å². The van der Waals surface area contributed by atoms with Crippen molar-refractivity contribution in [2.24, 2.45) is 0 Å². The molecule has 1 aromatic heterocycles. The van der Waals surface area contributed by atoms with E-state index < -0.39 is 11.9 Å². The van der Waals surface area contributed by atoms with Gasteiger partial charge in [0.1, 0.15) is 5.82 Å². The monoisotopic (exact) mass is 274 g/mol. The highest BCUT2D eigenvalue weighted by atomic mass is 35.5. The van der Waals surface area contributed by atoms with Gasteiger partial charge in [-0.25, -0.2) is 4.39 Å². The van der Waals surface area contributed by atoms with Gasteiger partial charge >= 0.3 is 0 Å². The zero-order valence-electron chi connectivity index (χ0n) is 8.66. The van der Waals surface area contributed by atoms with Gasteiger partial charge in [-0.3, -0.25) is 0 Å². The SMILES string of the molecule is OC(Cc1cc(Cl)ccc1F)c1ccoc1Cl. The van der Waals surface area contributed by atoms with Gasteiger partial charge in [0.25, 0.3) is 0 Å². The Labute approximate surface area is 108 Å². The summed E-state index contributed by atoms with van der Waals surface area (Å²) in [6.45, 7) is 0. The largest absolute Gasteiger partial charge is 0.453 e. The molecule has 0 spiro atoms. The Morgan fingerprint density at radius 1 is 1.29 bits per heavy atom. The highest BCUT2D eigenvalue weighted by Gasteiger charge is 2.16. The predicted molar refractivity (Wildman–Crippen MR) is 63.8 cm³/mol. The molecule has 1 unspecified atom stereocenters. The number of aliphatic hydroxyl groups is 1. The summed E-state index contributed by atoms with van der Waals surface area (Å²) in [7, 11) is 0. The molecule has 1 aromatic carbocycles. The Morgan fingerprint density at radius 2 is 2.06 bits per heavy atom. The third kappa shape index (κ3) is 2.80. The van der Waals surface area contributed by atoms with E-state index >= 15 is 0 Å². The predicted octanol–water partition coefficient (Wildman–Crippen LogP) is 4.00. The molecule has 5 heteroatoms. The molecule has 1 N–H and O–H groups in total. The van der Waals surface area contributed by atoms with E-state index in [1.54, 1.807) is 6.07 Å². The van der Waals surface area contributed by atoms with Crippen LogP contribution in [0.15, 0.2) is 34.9 Å². The zero-order chi connectivity index (χ0) is 12.4. The Kier molecular flexibility index (Phi) is 3.72. The number of benzene rings is 1. The molecule has 2 aromatic rings. The molecule has 2 rings (SSSR count). The minimum atomic E-state index is -0.922. The van der Waals surface area contributed by atoms with Gasteiger partial charge in [0.15, 0.2) is 5.22 Å². The van der Waals surface area contributed by atoms with Crippen molar-refractivity contribution in [1.29, 1.82) is 0 Å². The van der Waals surface area contributed by atoms with Crippen molar-refractivity contribution in [1.82, 2.24) is 0 Å². The maximum atomic E-state index is 13.4. The van der Waals surface area contributed by atoms with E-state index in [1.165, 1.54) is 24.5 Å². The Balaban J connectivity index is 2.21. The molecule has 0 saturated heterocycles. The average molecular weight is 275 g/mol. The van der Waals surface area contributed by atoms with Gasteiger partial charge in [-0.05, 0) is 41.4 Å². The molecule has 0 saturated carbocycles. The first-order valence-electron chi connectivity index (χ1n) is 4.93. The summed E-state index contributed by atoms with van der Waals surface area (Å²) >= 11 is 11.5. The fourth-order valence-corrected chi connectivity index (χ4v) is 2.00. The summed E-state index contributed by atoms with van der Waals surface area (Å²) < 4.78 is 18.3. The molecule has 0 bridgehead atoms. The number of hydrogen-bond acceptors (Lipinski definition) is 2. The lowest BCUT2D eigenvalue weighted by molar-refractivity contribution is 0.176. The lowest BCUT2D eigenvalue weighted by Crippen LogP contribution is -2.03. The normalized spacial score (nSPS) is 12.7. The topological polar surface area (TPSA) is 33.4 Å². The van der Waals surface area contributed by atoms with E-state index in [-0.39, 0.29) is 11.6 Å². The van der Waals surface area contributed by atoms with Crippen LogP contribution >= 0.6 is 23.2 Å². The second-order valence-electron chi connectivity index (χ2n) is 3.61.